The van der Waals surface area contributed by atoms with E-state index in [-0.39, 0.29) is 0 Å². The fourth-order valence-corrected chi connectivity index (χ4v) is 2.87. The number of fused-ring (bicyclic) bond motifs is 1. The molecular formula is C13H20N2O2S. The van der Waals surface area contributed by atoms with Crippen molar-refractivity contribution in [3.05, 3.63) is 35.4 Å². The Morgan fingerprint density at radius 2 is 1.78 bits per heavy atom. The molecule has 2 N–H and O–H groups in total. The summed E-state index contributed by atoms with van der Waals surface area (Å²) in [4.78, 5) is 0. The molecule has 0 aromatic heterocycles. The second kappa shape index (κ2) is 5.82. The Morgan fingerprint density at radius 3 is 2.33 bits per heavy atom. The lowest BCUT2D eigenvalue weighted by atomic mass is 10.1. The summed E-state index contributed by atoms with van der Waals surface area (Å²) in [6.45, 7) is 1.35. The van der Waals surface area contributed by atoms with Gasteiger partial charge in [-0.1, -0.05) is 24.3 Å². The van der Waals surface area contributed by atoms with Crippen molar-refractivity contribution in [2.24, 2.45) is 0 Å². The van der Waals surface area contributed by atoms with E-state index < -0.39 is 10.0 Å². The number of nitrogens with one attached hydrogen (secondary N) is 2. The van der Waals surface area contributed by atoms with Crippen LogP contribution in [-0.4, -0.2) is 33.8 Å². The normalized spacial score (nSPS) is 15.8. The van der Waals surface area contributed by atoms with Crippen LogP contribution in [0, 0.1) is 0 Å². The molecule has 0 radical (unpaired) electrons. The third kappa shape index (κ3) is 4.08. The van der Waals surface area contributed by atoms with Crippen molar-refractivity contribution < 1.29 is 8.42 Å². The highest BCUT2D eigenvalue weighted by atomic mass is 32.2. The van der Waals surface area contributed by atoms with Gasteiger partial charge in [-0.3, -0.25) is 0 Å². The van der Waals surface area contributed by atoms with Gasteiger partial charge in [0.15, 0.2) is 0 Å². The first-order valence-corrected chi connectivity index (χ1v) is 8.18. The van der Waals surface area contributed by atoms with Crippen LogP contribution in [0.5, 0.6) is 0 Å². The Balaban J connectivity index is 1.65. The molecule has 4 nitrogen and oxygen atoms in total. The van der Waals surface area contributed by atoms with E-state index in [0.717, 1.165) is 25.8 Å². The molecule has 1 aromatic carbocycles. The fourth-order valence-electron chi connectivity index (χ4n) is 2.36. The van der Waals surface area contributed by atoms with E-state index in [2.05, 4.69) is 34.3 Å². The van der Waals surface area contributed by atoms with Crippen LogP contribution in [0.15, 0.2) is 24.3 Å². The zero-order valence-electron chi connectivity index (χ0n) is 10.6. The van der Waals surface area contributed by atoms with E-state index >= 15 is 0 Å². The minimum atomic E-state index is -3.05. The number of hydrogen-bond acceptors (Lipinski definition) is 3. The van der Waals surface area contributed by atoms with Crippen molar-refractivity contribution in [2.75, 3.05) is 19.3 Å². The molecule has 0 spiro atoms. The van der Waals surface area contributed by atoms with Crippen LogP contribution in [0.1, 0.15) is 17.5 Å². The summed E-state index contributed by atoms with van der Waals surface area (Å²) in [6, 6.07) is 9.03. The van der Waals surface area contributed by atoms with Crippen LogP contribution in [0.25, 0.3) is 0 Å². The van der Waals surface area contributed by atoms with Crippen molar-refractivity contribution >= 4 is 10.0 Å². The van der Waals surface area contributed by atoms with Crippen LogP contribution in [-0.2, 0) is 22.9 Å². The van der Waals surface area contributed by atoms with E-state index in [9.17, 15) is 8.42 Å². The maximum atomic E-state index is 10.9. The summed E-state index contributed by atoms with van der Waals surface area (Å²) < 4.78 is 24.2. The molecule has 0 saturated carbocycles. The predicted molar refractivity (Wildman–Crippen MR) is 73.1 cm³/mol. The van der Waals surface area contributed by atoms with Crippen LogP contribution in [0.3, 0.4) is 0 Å². The molecule has 1 aliphatic carbocycles. The number of hydrogen-bond donors (Lipinski definition) is 2. The first kappa shape index (κ1) is 13.5. The largest absolute Gasteiger partial charge is 0.313 e. The van der Waals surface area contributed by atoms with Crippen LogP contribution >= 0.6 is 0 Å². The predicted octanol–water partition coefficient (Wildman–Crippen LogP) is 0.683. The monoisotopic (exact) mass is 268 g/mol. The van der Waals surface area contributed by atoms with Gasteiger partial charge in [-0.25, -0.2) is 13.1 Å². The molecule has 1 aliphatic rings. The average molecular weight is 268 g/mol. The minimum Gasteiger partial charge on any atom is -0.313 e. The second-order valence-electron chi connectivity index (χ2n) is 4.85. The van der Waals surface area contributed by atoms with Crippen molar-refractivity contribution in [3.8, 4) is 0 Å². The van der Waals surface area contributed by atoms with Crippen molar-refractivity contribution in [3.63, 3.8) is 0 Å². The van der Waals surface area contributed by atoms with E-state index in [4.69, 9.17) is 0 Å². The molecule has 0 unspecified atom stereocenters. The Labute approximate surface area is 109 Å². The summed E-state index contributed by atoms with van der Waals surface area (Å²) in [5, 5.41) is 3.48. The third-order valence-corrected chi connectivity index (χ3v) is 3.93. The lowest BCUT2D eigenvalue weighted by Crippen LogP contribution is -2.32. The first-order chi connectivity index (χ1) is 8.54. The zero-order valence-corrected chi connectivity index (χ0v) is 11.5. The number of benzene rings is 1. The van der Waals surface area contributed by atoms with E-state index in [1.54, 1.807) is 0 Å². The molecule has 5 heteroatoms. The summed E-state index contributed by atoms with van der Waals surface area (Å²) in [6.07, 6.45) is 4.17. The molecule has 100 valence electrons. The maximum Gasteiger partial charge on any atom is 0.208 e. The quantitative estimate of drug-likeness (QED) is 0.746. The van der Waals surface area contributed by atoms with Gasteiger partial charge in [0.25, 0.3) is 0 Å². The Kier molecular flexibility index (Phi) is 4.37. The topological polar surface area (TPSA) is 58.2 Å². The summed E-state index contributed by atoms with van der Waals surface area (Å²) in [7, 11) is -3.05. The van der Waals surface area contributed by atoms with E-state index in [0.29, 0.717) is 12.6 Å². The van der Waals surface area contributed by atoms with Gasteiger partial charge < -0.3 is 5.32 Å². The zero-order chi connectivity index (χ0) is 13.0. The lowest BCUT2D eigenvalue weighted by molar-refractivity contribution is 0.519. The molecule has 0 amide bonds. The minimum absolute atomic E-state index is 0.501. The molecule has 0 fully saturated rings. The molecule has 0 heterocycles. The molecule has 2 rings (SSSR count). The van der Waals surface area contributed by atoms with Gasteiger partial charge >= 0.3 is 0 Å². The van der Waals surface area contributed by atoms with Crippen molar-refractivity contribution in [1.82, 2.24) is 10.0 Å². The van der Waals surface area contributed by atoms with Crippen molar-refractivity contribution in [2.45, 2.75) is 25.3 Å². The fraction of sp³-hybridized carbons (Fsp3) is 0.538. The molecule has 0 aliphatic heterocycles. The van der Waals surface area contributed by atoms with Gasteiger partial charge in [0, 0.05) is 12.6 Å². The van der Waals surface area contributed by atoms with E-state index in [1.165, 1.54) is 17.4 Å². The molecular weight excluding hydrogens is 248 g/mol. The second-order valence-corrected chi connectivity index (χ2v) is 6.68. The van der Waals surface area contributed by atoms with Gasteiger partial charge in [0.2, 0.25) is 10.0 Å². The van der Waals surface area contributed by atoms with Gasteiger partial charge in [0.05, 0.1) is 6.26 Å². The van der Waals surface area contributed by atoms with Gasteiger partial charge in [-0.2, -0.15) is 0 Å². The lowest BCUT2D eigenvalue weighted by Gasteiger charge is -2.11. The van der Waals surface area contributed by atoms with Crippen LogP contribution < -0.4 is 10.0 Å². The number of rotatable bonds is 6. The van der Waals surface area contributed by atoms with Crippen LogP contribution in [0.4, 0.5) is 0 Å². The molecule has 1 aromatic rings. The average Bonchev–Trinajstić information content (AvgIpc) is 2.69. The maximum absolute atomic E-state index is 10.9. The molecule has 0 saturated heterocycles. The van der Waals surface area contributed by atoms with Crippen molar-refractivity contribution in [1.29, 1.82) is 0 Å². The van der Waals surface area contributed by atoms with Crippen LogP contribution in [0.2, 0.25) is 0 Å². The van der Waals surface area contributed by atoms with Gasteiger partial charge in [-0.15, -0.1) is 0 Å². The Morgan fingerprint density at radius 1 is 1.17 bits per heavy atom. The van der Waals surface area contributed by atoms with Gasteiger partial charge in [0.1, 0.15) is 0 Å². The molecule has 0 bridgehead atoms. The Hall–Kier alpha value is -0.910. The highest BCUT2D eigenvalue weighted by Gasteiger charge is 2.19. The SMILES string of the molecule is CS(=O)(=O)NCCCNC1Cc2ccccc2C1. The highest BCUT2D eigenvalue weighted by Crippen LogP contribution is 2.21. The third-order valence-electron chi connectivity index (χ3n) is 3.20. The summed E-state index contributed by atoms with van der Waals surface area (Å²) in [5.41, 5.74) is 2.87. The Bertz CT molecular complexity index is 474. The first-order valence-electron chi connectivity index (χ1n) is 6.29. The standard InChI is InChI=1S/C13H20N2O2S/c1-18(16,17)15-8-4-7-14-13-9-11-5-2-3-6-12(11)10-13/h2-3,5-6,13-15H,4,7-10H2,1H3. The smallest absolute Gasteiger partial charge is 0.208 e. The molecule has 18 heavy (non-hydrogen) atoms. The van der Waals surface area contributed by atoms with E-state index in [1.807, 2.05) is 0 Å². The highest BCUT2D eigenvalue weighted by molar-refractivity contribution is 7.88. The van der Waals surface area contributed by atoms with Gasteiger partial charge in [-0.05, 0) is 36.9 Å². The molecule has 0 atom stereocenters. The number of sulfonamides is 1. The summed E-state index contributed by atoms with van der Waals surface area (Å²) >= 11 is 0. The summed E-state index contributed by atoms with van der Waals surface area (Å²) in [5.74, 6) is 0.